The Balaban J connectivity index is 1.50. The number of likely N-dealkylation sites (tertiary alicyclic amines) is 1. The number of nitrogens with one attached hydrogen (secondary N) is 2. The van der Waals surface area contributed by atoms with Crippen LogP contribution in [-0.4, -0.2) is 83.4 Å². The summed E-state index contributed by atoms with van der Waals surface area (Å²) in [6.07, 6.45) is 6.40. The Morgan fingerprint density at radius 2 is 2.06 bits per heavy atom. The van der Waals surface area contributed by atoms with Gasteiger partial charge in [-0.05, 0) is 63.8 Å². The number of aliphatic imine (C=N–C) groups is 2. The minimum atomic E-state index is -0.660. The van der Waals surface area contributed by atoms with Crippen molar-refractivity contribution in [1.82, 2.24) is 14.9 Å². The highest BCUT2D eigenvalue weighted by atomic mass is 16.5. The summed E-state index contributed by atoms with van der Waals surface area (Å²) in [5, 5.41) is 17.3. The number of aromatic amines is 1. The zero-order valence-corrected chi connectivity index (χ0v) is 21.9. The van der Waals surface area contributed by atoms with Crippen molar-refractivity contribution in [1.29, 1.82) is 5.41 Å². The van der Waals surface area contributed by atoms with E-state index >= 15 is 0 Å². The third kappa shape index (κ3) is 6.08. The standard InChI is InChI=1S/C27H38N6O3/c1-17(2)23-24(19-12-21(35-5)26(29-13-19)30-16-28)31-20-6-7-22(32-25(20)23)36-14-18-8-10-33(11-9-18)15-27(3,4)34/h6-7,12-13,16-18,21,28,31,34H,8-11,14-15H2,1-5H3. The first-order valence-electron chi connectivity index (χ1n) is 12.6. The van der Waals surface area contributed by atoms with Gasteiger partial charge in [0.1, 0.15) is 12.4 Å². The molecule has 2 aromatic rings. The molecule has 4 rings (SSSR count). The molecule has 0 spiro atoms. The molecule has 2 aliphatic heterocycles. The highest BCUT2D eigenvalue weighted by Crippen LogP contribution is 2.34. The first-order valence-corrected chi connectivity index (χ1v) is 12.6. The molecule has 36 heavy (non-hydrogen) atoms. The van der Waals surface area contributed by atoms with Crippen LogP contribution in [0.3, 0.4) is 0 Å². The van der Waals surface area contributed by atoms with E-state index in [1.165, 1.54) is 0 Å². The van der Waals surface area contributed by atoms with Crippen LogP contribution < -0.4 is 4.74 Å². The molecule has 1 atom stereocenters. The Kier molecular flexibility index (Phi) is 8.02. The van der Waals surface area contributed by atoms with Crippen molar-refractivity contribution in [3.63, 3.8) is 0 Å². The lowest BCUT2D eigenvalue weighted by atomic mass is 9.96. The van der Waals surface area contributed by atoms with Gasteiger partial charge in [-0.25, -0.2) is 15.0 Å². The fourth-order valence-electron chi connectivity index (χ4n) is 4.98. The molecule has 9 heteroatoms. The fourth-order valence-corrected chi connectivity index (χ4v) is 4.98. The number of pyridine rings is 1. The van der Waals surface area contributed by atoms with Crippen LogP contribution in [0.5, 0.6) is 5.88 Å². The average Bonchev–Trinajstić information content (AvgIpc) is 3.22. The lowest BCUT2D eigenvalue weighted by molar-refractivity contribution is 0.0211. The number of fused-ring (bicyclic) bond motifs is 1. The Morgan fingerprint density at radius 1 is 1.31 bits per heavy atom. The number of rotatable bonds is 9. The summed E-state index contributed by atoms with van der Waals surface area (Å²) in [5.41, 5.74) is 4.17. The number of piperidine rings is 1. The monoisotopic (exact) mass is 494 g/mol. The Bertz CT molecular complexity index is 1170. The van der Waals surface area contributed by atoms with Gasteiger partial charge in [-0.1, -0.05) is 13.8 Å². The van der Waals surface area contributed by atoms with Gasteiger partial charge >= 0.3 is 0 Å². The number of dihydropyridines is 1. The highest BCUT2D eigenvalue weighted by Gasteiger charge is 2.26. The molecular weight excluding hydrogens is 456 g/mol. The van der Waals surface area contributed by atoms with E-state index in [-0.39, 0.29) is 5.92 Å². The summed E-state index contributed by atoms with van der Waals surface area (Å²) in [7, 11) is 1.61. The zero-order valence-electron chi connectivity index (χ0n) is 21.9. The molecule has 194 valence electrons. The van der Waals surface area contributed by atoms with Crippen LogP contribution in [0.1, 0.15) is 57.7 Å². The number of ether oxygens (including phenoxy) is 2. The Hall–Kier alpha value is -2.88. The van der Waals surface area contributed by atoms with Crippen molar-refractivity contribution >= 4 is 35.0 Å². The second-order valence-electron chi connectivity index (χ2n) is 10.6. The van der Waals surface area contributed by atoms with Gasteiger partial charge in [-0.3, -0.25) is 5.41 Å². The predicted octanol–water partition coefficient (Wildman–Crippen LogP) is 4.04. The average molecular weight is 495 g/mol. The van der Waals surface area contributed by atoms with Crippen molar-refractivity contribution in [2.45, 2.75) is 58.2 Å². The molecule has 2 aliphatic rings. The summed E-state index contributed by atoms with van der Waals surface area (Å²) in [5.74, 6) is 1.80. The van der Waals surface area contributed by atoms with Gasteiger partial charge in [0.15, 0.2) is 5.84 Å². The van der Waals surface area contributed by atoms with Crippen molar-refractivity contribution in [2.75, 3.05) is 33.4 Å². The van der Waals surface area contributed by atoms with Crippen molar-refractivity contribution in [3.05, 3.63) is 29.5 Å². The lowest BCUT2D eigenvalue weighted by Gasteiger charge is -2.35. The van der Waals surface area contributed by atoms with Crippen LogP contribution >= 0.6 is 0 Å². The van der Waals surface area contributed by atoms with Crippen LogP contribution in [0.15, 0.2) is 28.2 Å². The third-order valence-electron chi connectivity index (χ3n) is 6.68. The zero-order chi connectivity index (χ0) is 25.9. The van der Waals surface area contributed by atoms with E-state index in [1.54, 1.807) is 13.3 Å². The topological polar surface area (TPSA) is 119 Å². The predicted molar refractivity (Wildman–Crippen MR) is 145 cm³/mol. The van der Waals surface area contributed by atoms with E-state index < -0.39 is 11.7 Å². The number of amidine groups is 1. The Morgan fingerprint density at radius 3 is 2.69 bits per heavy atom. The second-order valence-corrected chi connectivity index (χ2v) is 10.6. The number of aromatic nitrogens is 2. The maximum Gasteiger partial charge on any atom is 0.213 e. The number of nitrogens with zero attached hydrogens (tertiary/aromatic N) is 4. The largest absolute Gasteiger partial charge is 0.477 e. The number of hydrogen-bond acceptors (Lipinski definition) is 6. The molecule has 4 heterocycles. The summed E-state index contributed by atoms with van der Waals surface area (Å²) < 4.78 is 11.7. The van der Waals surface area contributed by atoms with Crippen LogP contribution in [0.4, 0.5) is 0 Å². The van der Waals surface area contributed by atoms with Crippen LogP contribution in [-0.2, 0) is 4.74 Å². The van der Waals surface area contributed by atoms with Crippen LogP contribution in [0.25, 0.3) is 16.6 Å². The molecule has 1 saturated heterocycles. The van der Waals surface area contributed by atoms with Crippen molar-refractivity contribution in [3.8, 4) is 5.88 Å². The fraction of sp³-hybridized carbons (Fsp3) is 0.556. The van der Waals surface area contributed by atoms with E-state index in [9.17, 15) is 5.11 Å². The molecule has 0 radical (unpaired) electrons. The van der Waals surface area contributed by atoms with Gasteiger partial charge in [-0.2, -0.15) is 0 Å². The normalized spacial score (nSPS) is 20.9. The van der Waals surface area contributed by atoms with E-state index in [1.807, 2.05) is 32.1 Å². The molecule has 0 saturated carbocycles. The summed E-state index contributed by atoms with van der Waals surface area (Å²) >= 11 is 0. The van der Waals surface area contributed by atoms with Gasteiger partial charge in [-0.15, -0.1) is 0 Å². The first kappa shape index (κ1) is 26.2. The lowest BCUT2D eigenvalue weighted by Crippen LogP contribution is -2.43. The SMILES string of the molecule is COC1C=C(c2[nH]c3ccc(OCC4CCN(CC(C)(C)O)CC4)nc3c2C(C)C)C=NC1=NC=N. The van der Waals surface area contributed by atoms with E-state index in [4.69, 9.17) is 19.9 Å². The number of β-amino-alcohol motifs (C(OH)–C–C–N with tert-alkyl or cyclic N) is 1. The highest BCUT2D eigenvalue weighted by molar-refractivity contribution is 6.19. The molecular formula is C27H38N6O3. The van der Waals surface area contributed by atoms with Gasteiger partial charge in [0.25, 0.3) is 0 Å². The number of allylic oxidation sites excluding steroid dienone is 1. The molecule has 0 aromatic carbocycles. The summed E-state index contributed by atoms with van der Waals surface area (Å²) in [4.78, 5) is 19.2. The molecule has 3 N–H and O–H groups in total. The molecule has 0 bridgehead atoms. The summed E-state index contributed by atoms with van der Waals surface area (Å²) in [6, 6.07) is 3.95. The van der Waals surface area contributed by atoms with Crippen molar-refractivity contribution < 1.29 is 14.6 Å². The molecule has 0 aliphatic carbocycles. The number of methoxy groups -OCH3 is 1. The van der Waals surface area contributed by atoms with Crippen LogP contribution in [0, 0.1) is 11.3 Å². The van der Waals surface area contributed by atoms with Gasteiger partial charge < -0.3 is 24.5 Å². The maximum atomic E-state index is 10.1. The minimum absolute atomic E-state index is 0.225. The second kappa shape index (κ2) is 11.0. The van der Waals surface area contributed by atoms with Crippen LogP contribution in [0.2, 0.25) is 0 Å². The first-order chi connectivity index (χ1) is 17.2. The number of aliphatic hydroxyl groups is 1. The molecule has 9 nitrogen and oxygen atoms in total. The summed E-state index contributed by atoms with van der Waals surface area (Å²) in [6.45, 7) is 11.3. The molecule has 1 unspecified atom stereocenters. The maximum absolute atomic E-state index is 10.1. The number of H-pyrrole nitrogens is 1. The van der Waals surface area contributed by atoms with E-state index in [2.05, 4.69) is 33.7 Å². The molecule has 2 aromatic heterocycles. The van der Waals surface area contributed by atoms with Gasteiger partial charge in [0.05, 0.1) is 28.9 Å². The number of hydrogen-bond donors (Lipinski definition) is 3. The molecule has 0 amide bonds. The quantitative estimate of drug-likeness (QED) is 0.359. The van der Waals surface area contributed by atoms with E-state index in [0.29, 0.717) is 30.8 Å². The van der Waals surface area contributed by atoms with E-state index in [0.717, 1.165) is 60.1 Å². The Labute approximate surface area is 212 Å². The third-order valence-corrected chi connectivity index (χ3v) is 6.68. The molecule has 1 fully saturated rings. The van der Waals surface area contributed by atoms with Gasteiger partial charge in [0, 0.05) is 37.1 Å². The minimum Gasteiger partial charge on any atom is -0.477 e. The van der Waals surface area contributed by atoms with Crippen molar-refractivity contribution in [2.24, 2.45) is 15.9 Å². The van der Waals surface area contributed by atoms with Gasteiger partial charge in [0.2, 0.25) is 5.88 Å². The smallest absolute Gasteiger partial charge is 0.213 e.